The molecule has 0 saturated carbocycles. The maximum absolute atomic E-state index is 5.19. The van der Waals surface area contributed by atoms with Gasteiger partial charge in [-0.25, -0.2) is 0 Å². The van der Waals surface area contributed by atoms with Gasteiger partial charge in [-0.3, -0.25) is 5.43 Å². The van der Waals surface area contributed by atoms with Crippen molar-refractivity contribution in [1.82, 2.24) is 5.43 Å². The fourth-order valence-electron chi connectivity index (χ4n) is 2.96. The molecule has 0 unspecified atom stereocenters. The smallest absolute Gasteiger partial charge is 0.375 e. The maximum Gasteiger partial charge on any atom is 1.00 e. The second-order valence-electron chi connectivity index (χ2n) is 6.71. The first-order chi connectivity index (χ1) is 16.1. The predicted molar refractivity (Wildman–Crippen MR) is 160 cm³/mol. The quantitative estimate of drug-likeness (QED) is 0.0703. The fraction of sp³-hybridized carbons (Fsp3) is 0. The van der Waals surface area contributed by atoms with Crippen LogP contribution in [0.2, 0.25) is 0 Å². The van der Waals surface area contributed by atoms with Gasteiger partial charge >= 0.3 is 17.1 Å². The van der Waals surface area contributed by atoms with Crippen LogP contribution < -0.4 is 27.1 Å². The molecule has 3 N–H and O–H groups in total. The van der Waals surface area contributed by atoms with E-state index in [1.165, 1.54) is 19.5 Å². The van der Waals surface area contributed by atoms with Crippen LogP contribution in [0, 0.1) is 3.57 Å². The normalized spacial score (nSPS) is 10.2. The Morgan fingerprint density at radius 3 is 1.85 bits per heavy atom. The van der Waals surface area contributed by atoms with Gasteiger partial charge in [-0.2, -0.15) is 5.10 Å². The largest absolute Gasteiger partial charge is 1.00 e. The maximum atomic E-state index is 5.19. The fourth-order valence-corrected chi connectivity index (χ4v) is 6.83. The average Bonchev–Trinajstić information content (AvgIpc) is 2.83. The standard InChI is InChI=1S/C18H14IP.C8H8BrN3S.Cu/c19-17-13-7-8-14-18(17)20(15-9-3-1-4-10-15)16-11-5-2-6-12-16;9-7-4-2-1-3-6(7)5-11-12-8(10)13;/h1-14H;1-5H,(H3,10,12,13);/q;;+1. The summed E-state index contributed by atoms with van der Waals surface area (Å²) >= 11 is 10.4. The third kappa shape index (κ3) is 8.88. The van der Waals surface area contributed by atoms with Gasteiger partial charge in [0.25, 0.3) is 0 Å². The van der Waals surface area contributed by atoms with Gasteiger partial charge in [0.1, 0.15) is 0 Å². The molecule has 0 aliphatic carbocycles. The van der Waals surface area contributed by atoms with E-state index in [0.717, 1.165) is 10.0 Å². The number of hydrogen-bond donors (Lipinski definition) is 2. The van der Waals surface area contributed by atoms with E-state index in [4.69, 9.17) is 5.73 Å². The molecule has 4 aromatic carbocycles. The average molecular weight is 710 g/mol. The third-order valence-corrected chi connectivity index (χ3v) is 9.09. The van der Waals surface area contributed by atoms with E-state index >= 15 is 0 Å². The summed E-state index contributed by atoms with van der Waals surface area (Å²) in [5.74, 6) is 0. The number of nitrogens with two attached hydrogens (primary N) is 1. The molecule has 0 heterocycles. The van der Waals surface area contributed by atoms with Gasteiger partial charge in [0.15, 0.2) is 5.11 Å². The zero-order valence-electron chi connectivity index (χ0n) is 17.9. The van der Waals surface area contributed by atoms with Crippen LogP contribution in [-0.4, -0.2) is 11.3 Å². The first-order valence-electron chi connectivity index (χ1n) is 10.0. The van der Waals surface area contributed by atoms with Crippen molar-refractivity contribution in [1.29, 1.82) is 0 Å². The summed E-state index contributed by atoms with van der Waals surface area (Å²) in [7, 11) is -0.474. The van der Waals surface area contributed by atoms with Crippen LogP contribution in [0.3, 0.4) is 0 Å². The Balaban J connectivity index is 0.000000256. The van der Waals surface area contributed by atoms with E-state index in [0.29, 0.717) is 0 Å². The number of rotatable bonds is 5. The van der Waals surface area contributed by atoms with E-state index < -0.39 is 7.92 Å². The van der Waals surface area contributed by atoms with Gasteiger partial charge in [0, 0.05) is 13.6 Å². The monoisotopic (exact) mass is 708 g/mol. The molecule has 0 spiro atoms. The van der Waals surface area contributed by atoms with Crippen LogP contribution in [0.25, 0.3) is 0 Å². The van der Waals surface area contributed by atoms with Gasteiger partial charge in [0.2, 0.25) is 0 Å². The van der Waals surface area contributed by atoms with Crippen molar-refractivity contribution >= 4 is 85.9 Å². The summed E-state index contributed by atoms with van der Waals surface area (Å²) in [4.78, 5) is 0. The predicted octanol–water partition coefficient (Wildman–Crippen LogP) is 5.66. The Morgan fingerprint density at radius 1 is 0.824 bits per heavy atom. The summed E-state index contributed by atoms with van der Waals surface area (Å²) in [6, 6.07) is 38.0. The van der Waals surface area contributed by atoms with Gasteiger partial charge in [0.05, 0.1) is 6.21 Å². The second kappa shape index (κ2) is 15.4. The molecule has 176 valence electrons. The number of hydrogen-bond acceptors (Lipinski definition) is 2. The number of halogens is 2. The van der Waals surface area contributed by atoms with Gasteiger partial charge in [-0.15, -0.1) is 0 Å². The zero-order chi connectivity index (χ0) is 23.5. The molecule has 0 radical (unpaired) electrons. The Morgan fingerprint density at radius 2 is 1.32 bits per heavy atom. The van der Waals surface area contributed by atoms with Crippen LogP contribution in [-0.2, 0) is 17.1 Å². The van der Waals surface area contributed by atoms with E-state index in [-0.39, 0.29) is 22.2 Å². The molecule has 3 nitrogen and oxygen atoms in total. The third-order valence-electron chi connectivity index (χ3n) is 4.41. The Labute approximate surface area is 240 Å². The van der Waals surface area contributed by atoms with Crippen LogP contribution >= 0.6 is 58.7 Å². The van der Waals surface area contributed by atoms with Crippen molar-refractivity contribution in [2.75, 3.05) is 0 Å². The molecule has 8 heteroatoms. The van der Waals surface area contributed by atoms with Crippen LogP contribution in [0.5, 0.6) is 0 Å². The van der Waals surface area contributed by atoms with Gasteiger partial charge in [-0.1, -0.05) is 113 Å². The minimum atomic E-state index is -0.474. The number of thiocarbonyl (C=S) groups is 1. The molecule has 0 aliphatic rings. The first-order valence-corrected chi connectivity index (χ1v) is 13.7. The first kappa shape index (κ1) is 28.6. The van der Waals surface area contributed by atoms with E-state index in [1.807, 2.05) is 24.3 Å². The molecule has 0 amide bonds. The molecule has 0 fully saturated rings. The van der Waals surface area contributed by atoms with Crippen molar-refractivity contribution in [3.63, 3.8) is 0 Å². The number of nitrogens with zero attached hydrogens (tertiary/aromatic N) is 1. The van der Waals surface area contributed by atoms with E-state index in [9.17, 15) is 0 Å². The summed E-state index contributed by atoms with van der Waals surface area (Å²) < 4.78 is 2.31. The molecule has 0 aliphatic heterocycles. The molecule has 0 saturated heterocycles. The second-order valence-corrected chi connectivity index (χ2v) is 11.4. The van der Waals surface area contributed by atoms with Crippen LogP contribution in [0.4, 0.5) is 0 Å². The molecule has 4 aromatic rings. The van der Waals surface area contributed by atoms with Gasteiger partial charge in [-0.05, 0) is 70.8 Å². The SMILES string of the molecule is Ic1ccccc1P(c1ccccc1)c1ccccc1.NC(=S)NN=Cc1ccccc1Br.[Cu+]. The van der Waals surface area contributed by atoms with Crippen molar-refractivity contribution in [2.24, 2.45) is 10.8 Å². The van der Waals surface area contributed by atoms with Crippen molar-refractivity contribution in [3.05, 3.63) is 123 Å². The number of hydrazone groups is 1. The summed E-state index contributed by atoms with van der Waals surface area (Å²) in [5.41, 5.74) is 8.63. The Bertz CT molecular complexity index is 1170. The van der Waals surface area contributed by atoms with Crippen molar-refractivity contribution in [3.8, 4) is 0 Å². The zero-order valence-corrected chi connectivity index (χ0v) is 24.3. The topological polar surface area (TPSA) is 50.4 Å². The Kier molecular flexibility index (Phi) is 13.0. The van der Waals surface area contributed by atoms with Crippen molar-refractivity contribution < 1.29 is 17.1 Å². The summed E-state index contributed by atoms with van der Waals surface area (Å²) in [6.07, 6.45) is 1.64. The van der Waals surface area contributed by atoms with E-state index in [2.05, 4.69) is 146 Å². The Hall–Kier alpha value is -1.60. The van der Waals surface area contributed by atoms with Gasteiger partial charge < -0.3 is 5.73 Å². The minimum Gasteiger partial charge on any atom is -0.375 e. The van der Waals surface area contributed by atoms with Crippen LogP contribution in [0.15, 0.2) is 119 Å². The molecular weight excluding hydrogens is 688 g/mol. The molecular formula is C26H22BrCuIN3PS+. The molecule has 0 atom stereocenters. The summed E-state index contributed by atoms with van der Waals surface area (Å²) in [6.45, 7) is 0. The van der Waals surface area contributed by atoms with Crippen molar-refractivity contribution in [2.45, 2.75) is 0 Å². The molecule has 34 heavy (non-hydrogen) atoms. The van der Waals surface area contributed by atoms with E-state index in [1.54, 1.807) is 6.21 Å². The molecule has 0 aromatic heterocycles. The minimum absolute atomic E-state index is 0. The van der Waals surface area contributed by atoms with Crippen LogP contribution in [0.1, 0.15) is 5.56 Å². The number of benzene rings is 4. The molecule has 0 bridgehead atoms. The molecule has 4 rings (SSSR count). The summed E-state index contributed by atoms with van der Waals surface area (Å²) in [5, 5.41) is 8.22. The number of nitrogens with one attached hydrogen (secondary N) is 1.